The third-order valence-electron chi connectivity index (χ3n) is 2.75. The highest BCUT2D eigenvalue weighted by Crippen LogP contribution is 2.31. The summed E-state index contributed by atoms with van der Waals surface area (Å²) in [7, 11) is 0. The second kappa shape index (κ2) is 5.95. The molecule has 4 heteroatoms. The summed E-state index contributed by atoms with van der Waals surface area (Å²) in [5.74, 6) is 0.395. The number of carbonyl (C=O) groups excluding carboxylic acids is 1. The van der Waals surface area contributed by atoms with Crippen LogP contribution >= 0.6 is 0 Å². The number of aromatic hydroxyl groups is 1. The standard InChI is InChI=1S/C15H22O4/c1-6-10(2)11-7-8-12(16)13(9-11)18-14(17)19-15(3,4)5/h7-10,16H,6H2,1-5H3. The molecule has 1 N–H and O–H groups in total. The normalized spacial score (nSPS) is 12.9. The van der Waals surface area contributed by atoms with Crippen LogP contribution in [0.3, 0.4) is 0 Å². The highest BCUT2D eigenvalue weighted by Gasteiger charge is 2.19. The Labute approximate surface area is 114 Å². The molecule has 0 fully saturated rings. The summed E-state index contributed by atoms with van der Waals surface area (Å²) in [4.78, 5) is 11.6. The zero-order chi connectivity index (χ0) is 14.6. The summed E-state index contributed by atoms with van der Waals surface area (Å²) in [6.45, 7) is 9.41. The minimum absolute atomic E-state index is 0.0714. The smallest absolute Gasteiger partial charge is 0.504 e. The zero-order valence-corrected chi connectivity index (χ0v) is 12.2. The minimum Gasteiger partial charge on any atom is -0.504 e. The van der Waals surface area contributed by atoms with Crippen LogP contribution in [0.15, 0.2) is 18.2 Å². The van der Waals surface area contributed by atoms with Crippen LogP contribution in [0.5, 0.6) is 11.5 Å². The van der Waals surface area contributed by atoms with Crippen LogP contribution in [0.2, 0.25) is 0 Å². The van der Waals surface area contributed by atoms with Gasteiger partial charge in [-0.25, -0.2) is 4.79 Å². The Morgan fingerprint density at radius 1 is 1.37 bits per heavy atom. The van der Waals surface area contributed by atoms with Crippen molar-refractivity contribution >= 4 is 6.16 Å². The molecule has 0 amide bonds. The SMILES string of the molecule is CCC(C)c1ccc(O)c(OC(=O)OC(C)(C)C)c1. The van der Waals surface area contributed by atoms with E-state index in [9.17, 15) is 9.90 Å². The number of hydrogen-bond acceptors (Lipinski definition) is 4. The first-order chi connectivity index (χ1) is 8.73. The molecule has 19 heavy (non-hydrogen) atoms. The van der Waals surface area contributed by atoms with Crippen molar-refractivity contribution in [3.8, 4) is 11.5 Å². The predicted molar refractivity (Wildman–Crippen MR) is 73.7 cm³/mol. The Morgan fingerprint density at radius 2 is 2.00 bits per heavy atom. The van der Waals surface area contributed by atoms with E-state index < -0.39 is 11.8 Å². The fourth-order valence-electron chi connectivity index (χ4n) is 1.52. The molecule has 1 unspecified atom stereocenters. The van der Waals surface area contributed by atoms with Crippen molar-refractivity contribution in [3.05, 3.63) is 23.8 Å². The molecule has 0 aliphatic heterocycles. The van der Waals surface area contributed by atoms with Gasteiger partial charge in [-0.2, -0.15) is 0 Å². The first kappa shape index (κ1) is 15.3. The van der Waals surface area contributed by atoms with Gasteiger partial charge in [0.15, 0.2) is 11.5 Å². The maximum atomic E-state index is 11.6. The van der Waals surface area contributed by atoms with Crippen LogP contribution in [0.25, 0.3) is 0 Å². The number of rotatable bonds is 3. The van der Waals surface area contributed by atoms with Gasteiger partial charge in [-0.3, -0.25) is 0 Å². The van der Waals surface area contributed by atoms with Gasteiger partial charge in [0.2, 0.25) is 0 Å². The van der Waals surface area contributed by atoms with Crippen LogP contribution in [0.1, 0.15) is 52.5 Å². The van der Waals surface area contributed by atoms with Gasteiger partial charge >= 0.3 is 6.16 Å². The van der Waals surface area contributed by atoms with Crippen molar-refractivity contribution in [2.45, 2.75) is 52.6 Å². The van der Waals surface area contributed by atoms with Gasteiger partial charge in [-0.15, -0.1) is 0 Å². The predicted octanol–water partition coefficient (Wildman–Crippen LogP) is 4.22. The lowest BCUT2D eigenvalue weighted by atomic mass is 9.98. The number of phenols is 1. The Hall–Kier alpha value is -1.71. The van der Waals surface area contributed by atoms with Crippen molar-refractivity contribution in [2.75, 3.05) is 0 Å². The lowest BCUT2D eigenvalue weighted by Crippen LogP contribution is -2.26. The molecule has 0 saturated heterocycles. The minimum atomic E-state index is -0.816. The average Bonchev–Trinajstić information content (AvgIpc) is 2.28. The van der Waals surface area contributed by atoms with Crippen molar-refractivity contribution in [2.24, 2.45) is 0 Å². The monoisotopic (exact) mass is 266 g/mol. The first-order valence-electron chi connectivity index (χ1n) is 6.46. The van der Waals surface area contributed by atoms with Gasteiger partial charge in [0.05, 0.1) is 0 Å². The second-order valence-electron chi connectivity index (χ2n) is 5.60. The molecule has 1 rings (SSSR count). The van der Waals surface area contributed by atoms with E-state index in [2.05, 4.69) is 13.8 Å². The van der Waals surface area contributed by atoms with Crippen LogP contribution in [-0.4, -0.2) is 16.9 Å². The average molecular weight is 266 g/mol. The van der Waals surface area contributed by atoms with Crippen molar-refractivity contribution in [1.29, 1.82) is 0 Å². The van der Waals surface area contributed by atoms with E-state index in [1.807, 2.05) is 6.07 Å². The highest BCUT2D eigenvalue weighted by molar-refractivity contribution is 5.66. The van der Waals surface area contributed by atoms with Crippen LogP contribution in [-0.2, 0) is 4.74 Å². The number of hydrogen-bond donors (Lipinski definition) is 1. The van der Waals surface area contributed by atoms with Gasteiger partial charge in [-0.05, 0) is 50.8 Å². The van der Waals surface area contributed by atoms with Crippen molar-refractivity contribution in [1.82, 2.24) is 0 Å². The quantitative estimate of drug-likeness (QED) is 0.657. The Balaban J connectivity index is 2.85. The van der Waals surface area contributed by atoms with Gasteiger partial charge in [-0.1, -0.05) is 19.9 Å². The fraction of sp³-hybridized carbons (Fsp3) is 0.533. The molecule has 4 nitrogen and oxygen atoms in total. The Bertz CT molecular complexity index is 446. The third kappa shape index (κ3) is 4.81. The van der Waals surface area contributed by atoms with E-state index >= 15 is 0 Å². The Morgan fingerprint density at radius 3 is 2.53 bits per heavy atom. The largest absolute Gasteiger partial charge is 0.514 e. The van der Waals surface area contributed by atoms with Gasteiger partial charge < -0.3 is 14.6 Å². The number of ether oxygens (including phenoxy) is 2. The van der Waals surface area contributed by atoms with Gasteiger partial charge in [0, 0.05) is 0 Å². The van der Waals surface area contributed by atoms with E-state index in [4.69, 9.17) is 9.47 Å². The van der Waals surface area contributed by atoms with Crippen molar-refractivity contribution in [3.63, 3.8) is 0 Å². The number of carbonyl (C=O) groups is 1. The molecule has 1 aromatic rings. The molecule has 0 aliphatic rings. The second-order valence-corrected chi connectivity index (χ2v) is 5.60. The zero-order valence-electron chi connectivity index (χ0n) is 12.2. The number of phenolic OH excluding ortho intramolecular Hbond substituents is 1. The lowest BCUT2D eigenvalue weighted by Gasteiger charge is -2.19. The van der Waals surface area contributed by atoms with E-state index in [1.165, 1.54) is 6.07 Å². The molecular formula is C15H22O4. The Kier molecular flexibility index (Phi) is 4.81. The van der Waals surface area contributed by atoms with E-state index in [1.54, 1.807) is 26.8 Å². The molecule has 0 bridgehead atoms. The summed E-state index contributed by atoms with van der Waals surface area (Å²) in [5, 5.41) is 9.70. The fourth-order valence-corrected chi connectivity index (χ4v) is 1.52. The highest BCUT2D eigenvalue weighted by atomic mass is 16.7. The summed E-state index contributed by atoms with van der Waals surface area (Å²) < 4.78 is 10.1. The van der Waals surface area contributed by atoms with E-state index in [0.717, 1.165) is 12.0 Å². The molecular weight excluding hydrogens is 244 g/mol. The molecule has 0 aliphatic carbocycles. The van der Waals surface area contributed by atoms with E-state index in [-0.39, 0.29) is 11.5 Å². The molecule has 0 radical (unpaired) electrons. The molecule has 0 spiro atoms. The molecule has 0 heterocycles. The summed E-state index contributed by atoms with van der Waals surface area (Å²) in [5.41, 5.74) is 0.389. The van der Waals surface area contributed by atoms with Crippen LogP contribution in [0.4, 0.5) is 4.79 Å². The molecule has 106 valence electrons. The van der Waals surface area contributed by atoms with Gasteiger partial charge in [0.25, 0.3) is 0 Å². The van der Waals surface area contributed by atoms with Crippen LogP contribution < -0.4 is 4.74 Å². The molecule has 1 aromatic carbocycles. The topological polar surface area (TPSA) is 55.8 Å². The number of benzene rings is 1. The summed E-state index contributed by atoms with van der Waals surface area (Å²) >= 11 is 0. The molecule has 0 saturated carbocycles. The van der Waals surface area contributed by atoms with Crippen molar-refractivity contribution < 1.29 is 19.4 Å². The summed E-state index contributed by atoms with van der Waals surface area (Å²) in [6.07, 6.45) is 0.153. The van der Waals surface area contributed by atoms with Crippen LogP contribution in [0, 0.1) is 0 Å². The molecule has 0 aromatic heterocycles. The maximum Gasteiger partial charge on any atom is 0.514 e. The van der Waals surface area contributed by atoms with Gasteiger partial charge in [0.1, 0.15) is 5.60 Å². The third-order valence-corrected chi connectivity index (χ3v) is 2.75. The van der Waals surface area contributed by atoms with E-state index in [0.29, 0.717) is 5.92 Å². The molecule has 1 atom stereocenters. The summed E-state index contributed by atoms with van der Waals surface area (Å²) in [6, 6.07) is 5.03. The first-order valence-corrected chi connectivity index (χ1v) is 6.46. The maximum absolute atomic E-state index is 11.6. The lowest BCUT2D eigenvalue weighted by molar-refractivity contribution is 0.0200.